The maximum Gasteiger partial charge on any atom is 0.271 e. The van der Waals surface area contributed by atoms with Gasteiger partial charge in [0, 0.05) is 49.7 Å². The molecule has 2 amide bonds. The first-order valence-electron chi connectivity index (χ1n) is 21.0. The summed E-state index contributed by atoms with van der Waals surface area (Å²) in [6.07, 6.45) is 18.6. The van der Waals surface area contributed by atoms with Crippen LogP contribution in [0.2, 0.25) is 0 Å². The topological polar surface area (TPSA) is 156 Å². The molecule has 4 fully saturated rings. The van der Waals surface area contributed by atoms with Crippen LogP contribution in [0.15, 0.2) is 59.7 Å². The van der Waals surface area contributed by atoms with Gasteiger partial charge >= 0.3 is 0 Å². The van der Waals surface area contributed by atoms with Crippen LogP contribution < -0.4 is 20.9 Å². The molecule has 3 N–H and O–H groups in total. The second-order valence-electron chi connectivity index (χ2n) is 16.2. The monoisotopic (exact) mass is 792 g/mol. The van der Waals surface area contributed by atoms with E-state index in [1.54, 1.807) is 25.4 Å². The summed E-state index contributed by atoms with van der Waals surface area (Å²) in [5.74, 6) is 0.466. The number of aromatic nitrogens is 5. The van der Waals surface area contributed by atoms with Crippen molar-refractivity contribution >= 4 is 45.6 Å². The predicted molar refractivity (Wildman–Crippen MR) is 229 cm³/mol. The molecule has 2 saturated carbocycles. The van der Waals surface area contributed by atoms with Crippen molar-refractivity contribution in [2.24, 2.45) is 7.05 Å². The van der Waals surface area contributed by atoms with Gasteiger partial charge in [-0.05, 0) is 102 Å². The Hall–Kier alpha value is -5.30. The molecule has 4 aliphatic rings. The fraction of sp³-hybridized carbons (Fsp3) is 0.511. The highest BCUT2D eigenvalue weighted by atomic mass is 16.5. The van der Waals surface area contributed by atoms with E-state index in [2.05, 4.69) is 61.7 Å². The number of rotatable bonds is 7. The van der Waals surface area contributed by atoms with Crippen LogP contribution in [0.5, 0.6) is 5.75 Å². The molecule has 13 heteroatoms. The molecule has 13 nitrogen and oxygen atoms in total. The lowest BCUT2D eigenvalue weighted by Gasteiger charge is -2.29. The van der Waals surface area contributed by atoms with Crippen LogP contribution in [-0.2, 0) is 16.6 Å². The van der Waals surface area contributed by atoms with E-state index in [-0.39, 0.29) is 29.4 Å². The van der Waals surface area contributed by atoms with Crippen LogP contribution in [0.3, 0.4) is 0 Å². The maximum atomic E-state index is 12.2. The fourth-order valence-electron chi connectivity index (χ4n) is 7.80. The molecule has 2 saturated heterocycles. The Morgan fingerprint density at radius 1 is 0.897 bits per heavy atom. The molecule has 5 aromatic rings. The number of aromatic amines is 1. The minimum absolute atomic E-state index is 0.0431. The normalized spacial score (nSPS) is 18.6. The Morgan fingerprint density at radius 3 is 2.24 bits per heavy atom. The number of carbonyl (C=O) groups excluding carboxylic acids is 3. The number of hydrogen-bond donors (Lipinski definition) is 3. The molecule has 2 aromatic carbocycles. The molecule has 0 spiro atoms. The number of H-pyrrole nitrogens is 1. The average molecular weight is 793 g/mol. The number of ether oxygens (including phenoxy) is 1. The number of fused-ring (bicyclic) bond motifs is 2. The van der Waals surface area contributed by atoms with E-state index >= 15 is 0 Å². The van der Waals surface area contributed by atoms with Crippen LogP contribution in [0, 0.1) is 0 Å². The lowest BCUT2D eigenvalue weighted by atomic mass is 9.88. The van der Waals surface area contributed by atoms with Gasteiger partial charge in [0.1, 0.15) is 11.4 Å². The standard InChI is InChI=1S/C19H24N4O2.C17H22N2O2.C6H8N2O.C3H6/c1-22-9-7-12(8-10-22)13-3-4-14-16(11-13)23(2)21-18(14)15-5-6-17(24)20-19(15)25;1-12(2)21-17-9-16-13(8-14(17)11-20)10-19(18-16)15-6-4-3-5-7-15;1-7-5-3-2-4-8-6(5)9;1-2-3-1/h3-4,11-12,15H,5-10H2,1-2H3,(H,20,24,25);8-12,15H,3-7H2,1-2H3;2-4,7H,1H3,(H,8,9);1-3H2. The number of aryl methyl sites for hydroxylation is 1. The number of carbonyl (C=O) groups is 3. The molecule has 1 unspecified atom stereocenters. The zero-order valence-electron chi connectivity index (χ0n) is 34.8. The smallest absolute Gasteiger partial charge is 0.271 e. The first-order chi connectivity index (χ1) is 28.0. The van der Waals surface area contributed by atoms with Gasteiger partial charge in [-0.15, -0.1) is 0 Å². The third-order valence-corrected chi connectivity index (χ3v) is 11.2. The number of benzene rings is 2. The van der Waals surface area contributed by atoms with Gasteiger partial charge in [0.15, 0.2) is 6.29 Å². The van der Waals surface area contributed by atoms with Crippen molar-refractivity contribution in [3.05, 3.63) is 82.0 Å². The van der Waals surface area contributed by atoms with E-state index in [9.17, 15) is 19.2 Å². The van der Waals surface area contributed by atoms with Crippen molar-refractivity contribution in [3.8, 4) is 5.75 Å². The lowest BCUT2D eigenvalue weighted by Crippen LogP contribution is -2.39. The number of amides is 2. The highest BCUT2D eigenvalue weighted by Gasteiger charge is 2.32. The second-order valence-corrected chi connectivity index (χ2v) is 16.2. The Balaban J connectivity index is 0.000000154. The van der Waals surface area contributed by atoms with Gasteiger partial charge in [-0.1, -0.05) is 50.7 Å². The number of aldehydes is 1. The quantitative estimate of drug-likeness (QED) is 0.111. The minimum Gasteiger partial charge on any atom is -0.490 e. The Labute approximate surface area is 340 Å². The molecule has 310 valence electrons. The molecule has 9 rings (SSSR count). The van der Waals surface area contributed by atoms with Gasteiger partial charge in [0.25, 0.3) is 5.56 Å². The molecule has 1 atom stereocenters. The number of nitrogens with zero attached hydrogens (tertiary/aromatic N) is 5. The Morgan fingerprint density at radius 2 is 1.62 bits per heavy atom. The zero-order chi connectivity index (χ0) is 41.2. The van der Waals surface area contributed by atoms with Crippen molar-refractivity contribution < 1.29 is 19.1 Å². The lowest BCUT2D eigenvalue weighted by molar-refractivity contribution is -0.134. The molecule has 2 aliphatic carbocycles. The van der Waals surface area contributed by atoms with Crippen molar-refractivity contribution in [1.29, 1.82) is 0 Å². The summed E-state index contributed by atoms with van der Waals surface area (Å²) >= 11 is 0. The summed E-state index contributed by atoms with van der Waals surface area (Å²) in [4.78, 5) is 50.5. The van der Waals surface area contributed by atoms with Gasteiger partial charge in [-0.25, -0.2) is 0 Å². The summed E-state index contributed by atoms with van der Waals surface area (Å²) in [7, 11) is 5.81. The molecule has 0 bridgehead atoms. The van der Waals surface area contributed by atoms with Crippen LogP contribution in [0.1, 0.15) is 130 Å². The van der Waals surface area contributed by atoms with Crippen molar-refractivity contribution in [3.63, 3.8) is 0 Å². The molecule has 58 heavy (non-hydrogen) atoms. The van der Waals surface area contributed by atoms with Crippen LogP contribution in [-0.4, -0.2) is 80.8 Å². The number of imide groups is 1. The largest absolute Gasteiger partial charge is 0.490 e. The summed E-state index contributed by atoms with van der Waals surface area (Å²) in [5.41, 5.74) is 5.23. The number of piperidine rings is 2. The summed E-state index contributed by atoms with van der Waals surface area (Å²) < 4.78 is 9.67. The fourth-order valence-corrected chi connectivity index (χ4v) is 7.80. The first kappa shape index (κ1) is 42.3. The van der Waals surface area contributed by atoms with Gasteiger partial charge in [0.05, 0.1) is 40.4 Å². The van der Waals surface area contributed by atoms with Crippen LogP contribution in [0.4, 0.5) is 5.69 Å². The highest BCUT2D eigenvalue weighted by molar-refractivity contribution is 6.02. The molecule has 3 aromatic heterocycles. The average Bonchev–Trinajstić information content (AvgIpc) is 4.00. The number of likely N-dealkylation sites (tertiary alicyclic amines) is 1. The zero-order valence-corrected chi connectivity index (χ0v) is 34.8. The molecule has 5 heterocycles. The van der Waals surface area contributed by atoms with E-state index < -0.39 is 0 Å². The Bertz CT molecular complexity index is 2220. The van der Waals surface area contributed by atoms with Crippen molar-refractivity contribution in [2.45, 2.75) is 115 Å². The third-order valence-electron chi connectivity index (χ3n) is 11.2. The third kappa shape index (κ3) is 11.0. The second kappa shape index (κ2) is 19.9. The summed E-state index contributed by atoms with van der Waals surface area (Å²) in [6.45, 7) is 6.18. The summed E-state index contributed by atoms with van der Waals surface area (Å²) in [5, 5.41) is 16.5. The molecule has 2 aliphatic heterocycles. The minimum atomic E-state index is -0.337. The van der Waals surface area contributed by atoms with E-state index in [0.717, 1.165) is 46.9 Å². The predicted octanol–water partition coefficient (Wildman–Crippen LogP) is 7.63. The van der Waals surface area contributed by atoms with Crippen molar-refractivity contribution in [1.82, 2.24) is 34.8 Å². The number of anilines is 1. The number of pyridine rings is 1. The van der Waals surface area contributed by atoms with Crippen LogP contribution >= 0.6 is 0 Å². The van der Waals surface area contributed by atoms with Gasteiger partial charge in [0.2, 0.25) is 11.8 Å². The van der Waals surface area contributed by atoms with Gasteiger partial charge < -0.3 is 19.9 Å². The van der Waals surface area contributed by atoms with E-state index in [4.69, 9.17) is 9.84 Å². The van der Waals surface area contributed by atoms with Gasteiger partial charge in [-0.2, -0.15) is 10.2 Å². The van der Waals surface area contributed by atoms with Gasteiger partial charge in [-0.3, -0.25) is 33.9 Å². The highest BCUT2D eigenvalue weighted by Crippen LogP contribution is 2.35. The van der Waals surface area contributed by atoms with E-state index in [1.165, 1.54) is 69.8 Å². The van der Waals surface area contributed by atoms with Crippen LogP contribution in [0.25, 0.3) is 21.8 Å². The molecular weight excluding hydrogens is 733 g/mol. The Kier molecular flexibility index (Phi) is 14.5. The maximum absolute atomic E-state index is 12.2. The SMILES string of the molecule is C1CC1.CC(C)Oc1cc2nn(C3CCCCC3)cc2cc1C=O.CN1CCC(c2ccc3c(C4CCC(=O)NC4=O)nn(C)c3c2)CC1.CNc1ccc[nH]c1=O. The van der Waals surface area contributed by atoms with Crippen molar-refractivity contribution in [2.75, 3.05) is 32.5 Å². The molecular formula is C45H60N8O5. The van der Waals surface area contributed by atoms with E-state index in [1.807, 2.05) is 37.7 Å². The molecule has 0 radical (unpaired) electrons. The van der Waals surface area contributed by atoms with E-state index in [0.29, 0.717) is 41.8 Å². The number of hydrogen-bond acceptors (Lipinski definition) is 9. The first-order valence-corrected chi connectivity index (χ1v) is 21.0. The summed E-state index contributed by atoms with van der Waals surface area (Å²) in [6, 6.07) is 14.3. The number of nitrogens with one attached hydrogen (secondary N) is 3.